The fourth-order valence-corrected chi connectivity index (χ4v) is 2.84. The maximum Gasteiger partial charge on any atom is 0.0803 e. The van der Waals surface area contributed by atoms with E-state index in [2.05, 4.69) is 60.4 Å². The number of aryl methyl sites for hydroxylation is 1. The quantitative estimate of drug-likeness (QED) is 0.466. The summed E-state index contributed by atoms with van der Waals surface area (Å²) in [7, 11) is 0. The summed E-state index contributed by atoms with van der Waals surface area (Å²) in [6.45, 7) is 2.11. The van der Waals surface area contributed by atoms with Gasteiger partial charge in [-0.15, -0.1) is 0 Å². The minimum Gasteiger partial charge on any atom is -0.264 e. The lowest BCUT2D eigenvalue weighted by atomic mass is 9.99. The second-order valence-electron chi connectivity index (χ2n) is 5.22. The Morgan fingerprint density at radius 1 is 0.762 bits per heavy atom. The average Bonchev–Trinajstić information content (AvgIpc) is 2.55. The van der Waals surface area contributed by atoms with Crippen LogP contribution < -0.4 is 0 Å². The van der Waals surface area contributed by atoms with Gasteiger partial charge >= 0.3 is 0 Å². The molecule has 100 valence electrons. The number of hydrogen-bond donors (Lipinski definition) is 0. The summed E-state index contributed by atoms with van der Waals surface area (Å²) in [4.78, 5) is 9.16. The molecule has 4 aromatic rings. The summed E-state index contributed by atoms with van der Waals surface area (Å²) in [6, 6.07) is 18.8. The molecule has 0 radical (unpaired) electrons. The van der Waals surface area contributed by atoms with E-state index in [1.54, 1.807) is 6.20 Å². The SMILES string of the molecule is Cc1cccc2c1nc(-c1cccnc1)c1ccccc12. The Balaban J connectivity index is 2.21. The van der Waals surface area contributed by atoms with Crippen molar-refractivity contribution >= 4 is 21.7 Å². The van der Waals surface area contributed by atoms with E-state index in [0.717, 1.165) is 16.8 Å². The highest BCUT2D eigenvalue weighted by Crippen LogP contribution is 2.32. The highest BCUT2D eigenvalue weighted by molar-refractivity contribution is 6.11. The van der Waals surface area contributed by atoms with Gasteiger partial charge in [-0.05, 0) is 30.0 Å². The van der Waals surface area contributed by atoms with Gasteiger partial charge in [0.1, 0.15) is 0 Å². The first-order chi connectivity index (χ1) is 10.3. The Hall–Kier alpha value is -2.74. The van der Waals surface area contributed by atoms with E-state index in [9.17, 15) is 0 Å². The molecule has 21 heavy (non-hydrogen) atoms. The summed E-state index contributed by atoms with van der Waals surface area (Å²) in [6.07, 6.45) is 3.66. The molecule has 0 aliphatic rings. The summed E-state index contributed by atoms with van der Waals surface area (Å²) in [5, 5.41) is 3.62. The van der Waals surface area contributed by atoms with Gasteiger partial charge in [0.15, 0.2) is 0 Å². The van der Waals surface area contributed by atoms with Gasteiger partial charge in [0, 0.05) is 28.7 Å². The lowest BCUT2D eigenvalue weighted by Crippen LogP contribution is -1.91. The zero-order chi connectivity index (χ0) is 14.2. The first-order valence-corrected chi connectivity index (χ1v) is 7.03. The molecule has 2 heterocycles. The van der Waals surface area contributed by atoms with Crippen LogP contribution in [0.2, 0.25) is 0 Å². The van der Waals surface area contributed by atoms with Crippen LogP contribution in [0.3, 0.4) is 0 Å². The van der Waals surface area contributed by atoms with Crippen molar-refractivity contribution in [2.45, 2.75) is 6.92 Å². The van der Waals surface area contributed by atoms with Crippen molar-refractivity contribution in [2.75, 3.05) is 0 Å². The van der Waals surface area contributed by atoms with Crippen molar-refractivity contribution in [3.05, 3.63) is 72.6 Å². The van der Waals surface area contributed by atoms with Crippen molar-refractivity contribution in [2.24, 2.45) is 0 Å². The molecule has 0 atom stereocenters. The Morgan fingerprint density at radius 2 is 1.57 bits per heavy atom. The first-order valence-electron chi connectivity index (χ1n) is 7.03. The third-order valence-electron chi connectivity index (χ3n) is 3.87. The lowest BCUT2D eigenvalue weighted by molar-refractivity contribution is 1.31. The molecule has 0 spiro atoms. The standard InChI is InChI=1S/C19H14N2/c1-13-6-4-10-16-15-8-2-3-9-17(15)19(21-18(13)16)14-7-5-11-20-12-14/h2-12H,1H3. The molecule has 0 aliphatic carbocycles. The average molecular weight is 270 g/mol. The van der Waals surface area contributed by atoms with Gasteiger partial charge < -0.3 is 0 Å². The van der Waals surface area contributed by atoms with Crippen LogP contribution in [0.15, 0.2) is 67.0 Å². The molecule has 0 fully saturated rings. The number of benzene rings is 2. The Bertz CT molecular complexity index is 943. The smallest absolute Gasteiger partial charge is 0.0803 e. The number of pyridine rings is 2. The summed E-state index contributed by atoms with van der Waals surface area (Å²) in [5.41, 5.74) is 4.32. The van der Waals surface area contributed by atoms with Crippen molar-refractivity contribution in [1.29, 1.82) is 0 Å². The third kappa shape index (κ3) is 1.88. The molecule has 2 nitrogen and oxygen atoms in total. The first kappa shape index (κ1) is 12.0. The van der Waals surface area contributed by atoms with E-state index < -0.39 is 0 Å². The maximum absolute atomic E-state index is 4.93. The summed E-state index contributed by atoms with van der Waals surface area (Å²) in [5.74, 6) is 0. The van der Waals surface area contributed by atoms with Crippen LogP contribution in [-0.4, -0.2) is 9.97 Å². The van der Waals surface area contributed by atoms with E-state index >= 15 is 0 Å². The van der Waals surface area contributed by atoms with Crippen LogP contribution in [0.1, 0.15) is 5.56 Å². The Kier molecular flexibility index (Phi) is 2.68. The molecule has 0 bridgehead atoms. The highest BCUT2D eigenvalue weighted by Gasteiger charge is 2.10. The number of para-hydroxylation sites is 1. The van der Waals surface area contributed by atoms with Gasteiger partial charge in [-0.1, -0.05) is 42.5 Å². The van der Waals surface area contributed by atoms with Crippen molar-refractivity contribution in [3.63, 3.8) is 0 Å². The molecule has 0 aliphatic heterocycles. The number of fused-ring (bicyclic) bond motifs is 3. The normalized spacial score (nSPS) is 11.1. The molecule has 0 amide bonds. The van der Waals surface area contributed by atoms with Gasteiger partial charge in [-0.3, -0.25) is 4.98 Å². The second kappa shape index (κ2) is 4.67. The van der Waals surface area contributed by atoms with Crippen LogP contribution in [0, 0.1) is 6.92 Å². The lowest BCUT2D eigenvalue weighted by Gasteiger charge is -2.11. The Morgan fingerprint density at radius 3 is 2.38 bits per heavy atom. The van der Waals surface area contributed by atoms with Crippen molar-refractivity contribution in [3.8, 4) is 11.3 Å². The van der Waals surface area contributed by atoms with Crippen LogP contribution in [-0.2, 0) is 0 Å². The number of rotatable bonds is 1. The number of nitrogens with zero attached hydrogens (tertiary/aromatic N) is 2. The van der Waals surface area contributed by atoms with Crippen LogP contribution in [0.25, 0.3) is 32.9 Å². The molecule has 4 rings (SSSR count). The van der Waals surface area contributed by atoms with E-state index in [1.165, 1.54) is 21.7 Å². The monoisotopic (exact) mass is 270 g/mol. The van der Waals surface area contributed by atoms with E-state index in [0.29, 0.717) is 0 Å². The van der Waals surface area contributed by atoms with Crippen LogP contribution >= 0.6 is 0 Å². The second-order valence-corrected chi connectivity index (χ2v) is 5.22. The van der Waals surface area contributed by atoms with Gasteiger partial charge in [-0.25, -0.2) is 4.98 Å². The number of hydrogen-bond acceptors (Lipinski definition) is 2. The van der Waals surface area contributed by atoms with Gasteiger partial charge in [0.05, 0.1) is 11.2 Å². The van der Waals surface area contributed by atoms with Crippen molar-refractivity contribution in [1.82, 2.24) is 9.97 Å². The zero-order valence-electron chi connectivity index (χ0n) is 11.7. The minimum atomic E-state index is 1.00. The minimum absolute atomic E-state index is 1.00. The predicted octanol–water partition coefficient (Wildman–Crippen LogP) is 4.76. The largest absolute Gasteiger partial charge is 0.264 e. The molecule has 0 saturated carbocycles. The molecule has 2 aromatic heterocycles. The van der Waals surface area contributed by atoms with Gasteiger partial charge in [0.25, 0.3) is 0 Å². The fourth-order valence-electron chi connectivity index (χ4n) is 2.84. The van der Waals surface area contributed by atoms with Gasteiger partial charge in [0.2, 0.25) is 0 Å². The van der Waals surface area contributed by atoms with Gasteiger partial charge in [-0.2, -0.15) is 0 Å². The van der Waals surface area contributed by atoms with Crippen molar-refractivity contribution < 1.29 is 0 Å². The third-order valence-corrected chi connectivity index (χ3v) is 3.87. The zero-order valence-corrected chi connectivity index (χ0v) is 11.7. The summed E-state index contributed by atoms with van der Waals surface area (Å²) < 4.78 is 0. The molecular weight excluding hydrogens is 256 g/mol. The Labute approximate surface area is 123 Å². The van der Waals surface area contributed by atoms with Crippen LogP contribution in [0.4, 0.5) is 0 Å². The molecule has 2 heteroatoms. The molecule has 0 unspecified atom stereocenters. The molecule has 0 N–H and O–H groups in total. The molecular formula is C19H14N2. The molecule has 2 aromatic carbocycles. The topological polar surface area (TPSA) is 25.8 Å². The number of aromatic nitrogens is 2. The summed E-state index contributed by atoms with van der Waals surface area (Å²) >= 11 is 0. The van der Waals surface area contributed by atoms with Crippen LogP contribution in [0.5, 0.6) is 0 Å². The molecule has 0 saturated heterocycles. The predicted molar refractivity (Wildman–Crippen MR) is 87.2 cm³/mol. The van der Waals surface area contributed by atoms with E-state index in [4.69, 9.17) is 4.98 Å². The van der Waals surface area contributed by atoms with E-state index in [1.807, 2.05) is 12.3 Å². The van der Waals surface area contributed by atoms with E-state index in [-0.39, 0.29) is 0 Å². The highest BCUT2D eigenvalue weighted by atomic mass is 14.7. The fraction of sp³-hybridized carbons (Fsp3) is 0.0526. The maximum atomic E-state index is 4.93.